The highest BCUT2D eigenvalue weighted by atomic mass is 35.5. The van der Waals surface area contributed by atoms with Gasteiger partial charge in [-0.1, -0.05) is 12.1 Å². The van der Waals surface area contributed by atoms with Gasteiger partial charge in [-0.25, -0.2) is 0 Å². The first-order valence-corrected chi connectivity index (χ1v) is 47.2. The van der Waals surface area contributed by atoms with E-state index in [9.17, 15) is 78.9 Å². The highest BCUT2D eigenvalue weighted by Gasteiger charge is 2.66. The quantitative estimate of drug-likeness (QED) is 0.0869. The molecule has 33 rings (SSSR count). The predicted octanol–water partition coefficient (Wildman–Crippen LogP) is 18.6. The molecule has 32 saturated carbocycles. The zero-order valence-electron chi connectivity index (χ0n) is 69.3. The lowest BCUT2D eigenvalue weighted by molar-refractivity contribution is -0.191. The maximum Gasteiger partial charge on any atom is 0.309 e. The van der Waals surface area contributed by atoms with Crippen molar-refractivity contribution in [1.82, 2.24) is 0 Å². The number of carbonyl (C=O) groups is 9. The number of aliphatic carboxylic acids is 7. The number of rotatable bonds is 12. The molecule has 4 atom stereocenters. The number of carbonyl (C=O) groups excluding carboxylic acids is 2. The maximum absolute atomic E-state index is 11.6. The number of phenolic OH excluding ortho intramolecular Hbond substituents is 1. The number of hydrogen-bond donors (Lipinski definition) is 10. The number of carboxylic acid groups (broad SMARTS) is 7. The number of aliphatic hydroxyl groups is 2. The summed E-state index contributed by atoms with van der Waals surface area (Å²) in [6, 6.07) is 8.08. The number of ketones is 1. The number of Topliss-reactive ketones (excluding diaryl/α,β-unsaturated/α-hetero) is 1. The van der Waals surface area contributed by atoms with Crippen LogP contribution in [0, 0.1) is 168 Å². The van der Waals surface area contributed by atoms with Crippen LogP contribution in [0.1, 0.15) is 327 Å². The SMILES string of the molecule is O=C(Cl)C12CC3CC(CC(C3)C1)C2.O=C(O)C12CC3CC(C1)CC(C(=O)O)(C3)C2.O=C(O)C12CC3CC(CC(C3)C1)C2.O=C(O)C12CC3CC(CC(O)(C3)C1)C2.O=C(O)CC12CC3CC(C1)CC(CC(=O)O)(C3)C2.O=C(O)CC12CC3CC(CC(C3)C1)C2.O=C1C2CC3CC1CC(O)(C3)C2.Oc1ccc(C23CC4CC(CC(C4)C2)C3)cc1. The van der Waals surface area contributed by atoms with Crippen molar-refractivity contribution in [3.8, 4) is 5.75 Å². The average Bonchev–Trinajstić information content (AvgIpc) is 0.713. The van der Waals surface area contributed by atoms with Crippen molar-refractivity contribution in [2.75, 3.05) is 0 Å². The smallest absolute Gasteiger partial charge is 0.309 e. The Morgan fingerprint density at radius 2 is 0.538 bits per heavy atom. The third-order valence-corrected chi connectivity index (χ3v) is 38.3. The van der Waals surface area contributed by atoms with Crippen LogP contribution in [0.4, 0.5) is 0 Å². The second-order valence-electron chi connectivity index (χ2n) is 47.7. The summed E-state index contributed by atoms with van der Waals surface area (Å²) in [6.07, 6.45) is 51.7. The molecular formula is C97H135ClO19. The van der Waals surface area contributed by atoms with Crippen LogP contribution < -0.4 is 0 Å². The Labute approximate surface area is 695 Å². The van der Waals surface area contributed by atoms with Crippen molar-refractivity contribution in [1.29, 1.82) is 0 Å². The monoisotopic (exact) mass is 1640 g/mol. The van der Waals surface area contributed by atoms with E-state index in [-0.39, 0.29) is 57.0 Å². The first-order valence-electron chi connectivity index (χ1n) is 46.9. The van der Waals surface area contributed by atoms with Gasteiger partial charge in [0.05, 0.1) is 52.1 Å². The molecule has 0 heterocycles. The predicted molar refractivity (Wildman–Crippen MR) is 433 cm³/mol. The summed E-state index contributed by atoms with van der Waals surface area (Å²) in [7, 11) is 0. The van der Waals surface area contributed by atoms with Gasteiger partial charge in [0.2, 0.25) is 5.24 Å². The zero-order valence-corrected chi connectivity index (χ0v) is 70.1. The highest BCUT2D eigenvalue weighted by Crippen LogP contribution is 2.71. The van der Waals surface area contributed by atoms with Crippen LogP contribution >= 0.6 is 11.6 Å². The molecule has 32 aliphatic rings. The zero-order chi connectivity index (χ0) is 82.2. The van der Waals surface area contributed by atoms with Gasteiger partial charge < -0.3 is 51.1 Å². The fourth-order valence-electron chi connectivity index (χ4n) is 37.5. The van der Waals surface area contributed by atoms with Crippen LogP contribution in [0.2, 0.25) is 0 Å². The molecule has 644 valence electrons. The molecule has 0 radical (unpaired) electrons. The molecule has 19 nitrogen and oxygen atoms in total. The van der Waals surface area contributed by atoms with Crippen molar-refractivity contribution in [2.24, 2.45) is 168 Å². The minimum Gasteiger partial charge on any atom is -0.508 e. The Bertz CT molecular complexity index is 3730. The number of aromatic hydroxyl groups is 1. The molecule has 10 N–H and O–H groups in total. The van der Waals surface area contributed by atoms with E-state index in [2.05, 4.69) is 12.1 Å². The maximum atomic E-state index is 11.6. The first kappa shape index (κ1) is 82.8. The molecule has 0 aliphatic heterocycles. The number of carboxylic acids is 7. The van der Waals surface area contributed by atoms with Gasteiger partial charge in [0.15, 0.2) is 0 Å². The van der Waals surface area contributed by atoms with E-state index < -0.39 is 69.2 Å². The minimum atomic E-state index is -0.771. The Morgan fingerprint density at radius 1 is 0.282 bits per heavy atom. The van der Waals surface area contributed by atoms with Gasteiger partial charge in [0.25, 0.3) is 0 Å². The second-order valence-corrected chi connectivity index (χ2v) is 48.0. The molecule has 0 amide bonds. The lowest BCUT2D eigenvalue weighted by Gasteiger charge is -2.61. The van der Waals surface area contributed by atoms with Gasteiger partial charge in [-0.05, 0) is 465 Å². The average molecular weight is 1640 g/mol. The normalized spacial score (nSPS) is 49.9. The summed E-state index contributed by atoms with van der Waals surface area (Å²) < 4.78 is 0. The van der Waals surface area contributed by atoms with Crippen LogP contribution in [0.5, 0.6) is 5.75 Å². The summed E-state index contributed by atoms with van der Waals surface area (Å²) in [5, 5.41) is 94.3. The van der Waals surface area contributed by atoms with Crippen molar-refractivity contribution in [3.63, 3.8) is 0 Å². The molecule has 32 bridgehead atoms. The highest BCUT2D eigenvalue weighted by molar-refractivity contribution is 6.64. The molecule has 4 unspecified atom stereocenters. The summed E-state index contributed by atoms with van der Waals surface area (Å²) in [5.74, 6) is 10.3. The summed E-state index contributed by atoms with van der Waals surface area (Å²) in [4.78, 5) is 102. The van der Waals surface area contributed by atoms with E-state index in [0.717, 1.165) is 212 Å². The number of phenols is 1. The lowest BCUT2D eigenvalue weighted by atomic mass is 9.43. The van der Waals surface area contributed by atoms with Crippen LogP contribution in [0.3, 0.4) is 0 Å². The first-order chi connectivity index (χ1) is 55.3. The minimum absolute atomic E-state index is 0.0356. The van der Waals surface area contributed by atoms with Crippen molar-refractivity contribution in [2.45, 2.75) is 338 Å². The lowest BCUT2D eigenvalue weighted by Crippen LogP contribution is -2.58. The van der Waals surface area contributed by atoms with Crippen molar-refractivity contribution < 1.29 is 94.2 Å². The summed E-state index contributed by atoms with van der Waals surface area (Å²) >= 11 is 5.76. The Morgan fingerprint density at radius 3 is 0.855 bits per heavy atom. The van der Waals surface area contributed by atoms with Gasteiger partial charge in [0, 0.05) is 17.3 Å². The molecule has 1 aromatic carbocycles. The number of benzene rings is 1. The third-order valence-electron chi connectivity index (χ3n) is 37.9. The van der Waals surface area contributed by atoms with E-state index >= 15 is 0 Å². The second kappa shape index (κ2) is 30.1. The standard InChI is InChI=1S/C16H20O.C14H20O4.C12H16O4.C12H18O2.C11H15ClO.C11H16O3.C11H16O2.C10H14O2/c17-15-3-1-14(2-4-15)16-8-11-5-12(9-16)7-13(6-11)10-16;15-11(16)6-13-2-9-1-10(4-13)5-14(3-9,8-13)7-12(17)18;13-9(14)11-2-7-1-8(4-11)5-12(3-7,6-11)10(15)16;13-11(14)7-12-4-8-1-9(5-12)3-10(2-8)6-12;12-10(13)11-4-7-1-8(5-11)3-9(2-7)6-11;12-9(13)10-2-7-1-8(3-10)5-11(14,4-7)6-10;12-10(13)11-4-7-1-8(5-11)3-9(2-7)6-11;11-9-7-1-6-2-8(9)5-10(12,3-6)4-7/h1-4,11-13,17H,5-10H2;9-10H,1-8H2,(H,15,16)(H,17,18);7-8H,1-6H2,(H,13,14)(H,15,16);8-10H,1-7H2,(H,13,14);7-9H,1-6H2;7-8,14H,1-6H2,(H,12,13);7-9H,1-6H2,(H,12,13);6-8,12H,1-5H2. The molecule has 0 spiro atoms. The van der Waals surface area contributed by atoms with E-state index in [0.29, 0.717) is 103 Å². The Kier molecular flexibility index (Phi) is 21.3. The van der Waals surface area contributed by atoms with Gasteiger partial charge in [0.1, 0.15) is 11.5 Å². The van der Waals surface area contributed by atoms with E-state index in [4.69, 9.17) is 26.9 Å². The Hall–Kier alpha value is -5.14. The number of halogens is 1. The van der Waals surface area contributed by atoms with Gasteiger partial charge in [-0.3, -0.25) is 43.2 Å². The topological polar surface area (TPSA) is 356 Å². The van der Waals surface area contributed by atoms with Crippen molar-refractivity contribution in [3.05, 3.63) is 29.8 Å². The third kappa shape index (κ3) is 16.2. The molecule has 32 fully saturated rings. The van der Waals surface area contributed by atoms with Crippen molar-refractivity contribution >= 4 is 64.4 Å². The van der Waals surface area contributed by atoms with Gasteiger partial charge in [-0.2, -0.15) is 0 Å². The molecule has 117 heavy (non-hydrogen) atoms. The van der Waals surface area contributed by atoms with Gasteiger partial charge >= 0.3 is 41.8 Å². The summed E-state index contributed by atoms with van der Waals surface area (Å²) in [5.41, 5.74) is -1.43. The molecule has 0 aromatic heterocycles. The van der Waals surface area contributed by atoms with Crippen LogP contribution in [-0.4, -0.2) is 115 Å². The molecule has 32 aliphatic carbocycles. The molecule has 20 heteroatoms. The van der Waals surface area contributed by atoms with Crippen LogP contribution in [0.15, 0.2) is 24.3 Å². The Balaban J connectivity index is 0.0000000926. The summed E-state index contributed by atoms with van der Waals surface area (Å²) in [6.45, 7) is 0. The number of hydrogen-bond acceptors (Lipinski definition) is 12. The molecule has 1 aromatic rings. The molecular weight excluding hydrogens is 1500 g/mol. The fourth-order valence-corrected chi connectivity index (χ4v) is 37.7. The van der Waals surface area contributed by atoms with E-state index in [1.165, 1.54) is 128 Å². The molecule has 0 saturated heterocycles. The fraction of sp³-hybridized carbons (Fsp3) is 0.845. The largest absolute Gasteiger partial charge is 0.508 e. The van der Waals surface area contributed by atoms with E-state index in [1.807, 2.05) is 12.1 Å². The van der Waals surface area contributed by atoms with Crippen LogP contribution in [-0.2, 0) is 48.6 Å². The van der Waals surface area contributed by atoms with E-state index in [1.54, 1.807) is 0 Å². The van der Waals surface area contributed by atoms with Crippen LogP contribution in [0.25, 0.3) is 0 Å². The van der Waals surface area contributed by atoms with Gasteiger partial charge in [-0.15, -0.1) is 0 Å².